The lowest BCUT2D eigenvalue weighted by Gasteiger charge is -2.15. The van der Waals surface area contributed by atoms with Gasteiger partial charge in [0.25, 0.3) is 0 Å². The zero-order chi connectivity index (χ0) is 34.3. The molecule has 0 aliphatic rings. The van der Waals surface area contributed by atoms with Crippen molar-refractivity contribution >= 4 is 11.9 Å². The highest BCUT2D eigenvalue weighted by Crippen LogP contribution is 2.13. The second-order valence-electron chi connectivity index (χ2n) is 13.4. The Morgan fingerprint density at radius 3 is 1.34 bits per heavy atom. The second-order valence-corrected chi connectivity index (χ2v) is 13.4. The van der Waals surface area contributed by atoms with Crippen molar-refractivity contribution < 1.29 is 24.2 Å². The van der Waals surface area contributed by atoms with Gasteiger partial charge in [-0.05, 0) is 64.2 Å². The van der Waals surface area contributed by atoms with Crippen LogP contribution in [0.25, 0.3) is 0 Å². The maximum atomic E-state index is 12.1. The predicted octanol–water partition coefficient (Wildman–Crippen LogP) is 12.5. The van der Waals surface area contributed by atoms with Crippen LogP contribution in [0, 0.1) is 0 Å². The van der Waals surface area contributed by atoms with Crippen molar-refractivity contribution in [2.75, 3.05) is 13.2 Å². The van der Waals surface area contributed by atoms with Gasteiger partial charge in [0, 0.05) is 12.8 Å². The average molecular weight is 661 g/mol. The number of hydrogen-bond donors (Lipinski definition) is 1. The summed E-state index contributed by atoms with van der Waals surface area (Å²) in [6.45, 7) is 4.08. The molecule has 0 aliphatic heterocycles. The molecule has 0 heterocycles. The third kappa shape index (κ3) is 36.8. The Bertz CT molecular complexity index is 756. The van der Waals surface area contributed by atoms with E-state index in [2.05, 4.69) is 50.3 Å². The Morgan fingerprint density at radius 1 is 0.489 bits per heavy atom. The van der Waals surface area contributed by atoms with Crippen LogP contribution in [0.5, 0.6) is 0 Å². The first-order valence-electron chi connectivity index (χ1n) is 20.0. The lowest BCUT2D eigenvalue weighted by Crippen LogP contribution is -2.28. The number of aliphatic hydroxyl groups is 1. The van der Waals surface area contributed by atoms with Crippen LogP contribution in [0.4, 0.5) is 0 Å². The first-order valence-corrected chi connectivity index (χ1v) is 20.0. The van der Waals surface area contributed by atoms with Crippen LogP contribution in [-0.4, -0.2) is 36.4 Å². The molecule has 1 N–H and O–H groups in total. The highest BCUT2D eigenvalue weighted by atomic mass is 16.6. The summed E-state index contributed by atoms with van der Waals surface area (Å²) in [5.74, 6) is -0.607. The first-order chi connectivity index (χ1) is 23.1. The van der Waals surface area contributed by atoms with Crippen LogP contribution < -0.4 is 0 Å². The summed E-state index contributed by atoms with van der Waals surface area (Å²) < 4.78 is 10.6. The minimum atomic E-state index is -0.777. The van der Waals surface area contributed by atoms with Crippen LogP contribution >= 0.6 is 0 Å². The summed E-state index contributed by atoms with van der Waals surface area (Å²) in [7, 11) is 0. The molecule has 0 rings (SSSR count). The molecule has 0 saturated carbocycles. The zero-order valence-corrected chi connectivity index (χ0v) is 31.0. The number of allylic oxidation sites excluding steroid dienone is 6. The number of ether oxygens (including phenoxy) is 2. The molecule has 5 heteroatoms. The van der Waals surface area contributed by atoms with E-state index in [0.29, 0.717) is 12.8 Å². The Labute approximate surface area is 291 Å². The van der Waals surface area contributed by atoms with E-state index in [-0.39, 0.29) is 25.2 Å². The summed E-state index contributed by atoms with van der Waals surface area (Å²) in [4.78, 5) is 24.2. The van der Waals surface area contributed by atoms with Crippen molar-refractivity contribution in [1.82, 2.24) is 0 Å². The zero-order valence-electron chi connectivity index (χ0n) is 31.0. The predicted molar refractivity (Wildman–Crippen MR) is 201 cm³/mol. The Balaban J connectivity index is 3.55. The SMILES string of the molecule is CCCC/C=C/C/C=C/CCCCCCCC(=O)O[C@@H](CO)COC(=O)CCCCCCCCCCC/C=C/CCCCCCCC. The van der Waals surface area contributed by atoms with E-state index in [4.69, 9.17) is 9.47 Å². The Kier molecular flexibility index (Phi) is 37.0. The lowest BCUT2D eigenvalue weighted by atomic mass is 10.1. The number of rotatable bonds is 36. The lowest BCUT2D eigenvalue weighted by molar-refractivity contribution is -0.161. The van der Waals surface area contributed by atoms with Gasteiger partial charge in [-0.3, -0.25) is 9.59 Å². The van der Waals surface area contributed by atoms with E-state index in [1.165, 1.54) is 122 Å². The van der Waals surface area contributed by atoms with Crippen molar-refractivity contribution in [3.63, 3.8) is 0 Å². The van der Waals surface area contributed by atoms with Crippen LogP contribution in [0.15, 0.2) is 36.5 Å². The topological polar surface area (TPSA) is 72.8 Å². The molecule has 0 fully saturated rings. The highest BCUT2D eigenvalue weighted by molar-refractivity contribution is 5.70. The van der Waals surface area contributed by atoms with Gasteiger partial charge in [0.2, 0.25) is 0 Å². The largest absolute Gasteiger partial charge is 0.462 e. The number of hydrogen-bond acceptors (Lipinski definition) is 5. The van der Waals surface area contributed by atoms with Crippen molar-refractivity contribution in [3.8, 4) is 0 Å². The monoisotopic (exact) mass is 661 g/mol. The maximum Gasteiger partial charge on any atom is 0.306 e. The Morgan fingerprint density at radius 2 is 0.872 bits per heavy atom. The molecular weight excluding hydrogens is 584 g/mol. The van der Waals surface area contributed by atoms with Crippen molar-refractivity contribution in [3.05, 3.63) is 36.5 Å². The average Bonchev–Trinajstić information content (AvgIpc) is 3.07. The smallest absolute Gasteiger partial charge is 0.306 e. The van der Waals surface area contributed by atoms with Crippen molar-refractivity contribution in [1.29, 1.82) is 0 Å². The molecule has 1 atom stereocenters. The molecule has 0 aromatic rings. The number of esters is 2. The van der Waals surface area contributed by atoms with E-state index >= 15 is 0 Å². The minimum Gasteiger partial charge on any atom is -0.462 e. The Hall–Kier alpha value is -1.88. The van der Waals surface area contributed by atoms with Crippen LogP contribution in [0.1, 0.15) is 200 Å². The van der Waals surface area contributed by atoms with Gasteiger partial charge in [0.15, 0.2) is 6.10 Å². The van der Waals surface area contributed by atoms with Gasteiger partial charge in [-0.1, -0.05) is 159 Å². The van der Waals surface area contributed by atoms with Gasteiger partial charge >= 0.3 is 11.9 Å². The summed E-state index contributed by atoms with van der Waals surface area (Å²) >= 11 is 0. The fraction of sp³-hybridized carbons (Fsp3) is 0.810. The molecule has 0 unspecified atom stereocenters. The normalized spacial score (nSPS) is 12.5. The van der Waals surface area contributed by atoms with Gasteiger partial charge in [0.1, 0.15) is 6.61 Å². The number of unbranched alkanes of at least 4 members (excludes halogenated alkanes) is 22. The van der Waals surface area contributed by atoms with E-state index in [1.807, 2.05) is 0 Å². The third-order valence-corrected chi connectivity index (χ3v) is 8.66. The van der Waals surface area contributed by atoms with Gasteiger partial charge in [0.05, 0.1) is 6.61 Å². The summed E-state index contributed by atoms with van der Waals surface area (Å²) in [6.07, 6.45) is 46.3. The van der Waals surface area contributed by atoms with E-state index in [9.17, 15) is 14.7 Å². The first kappa shape index (κ1) is 45.1. The summed E-state index contributed by atoms with van der Waals surface area (Å²) in [5, 5.41) is 9.55. The maximum absolute atomic E-state index is 12.1. The fourth-order valence-electron chi connectivity index (χ4n) is 5.56. The molecular formula is C42H76O5. The molecule has 5 nitrogen and oxygen atoms in total. The van der Waals surface area contributed by atoms with Crippen LogP contribution in [0.2, 0.25) is 0 Å². The van der Waals surface area contributed by atoms with Crippen LogP contribution in [0.3, 0.4) is 0 Å². The number of carbonyl (C=O) groups is 2. The van der Waals surface area contributed by atoms with Crippen molar-refractivity contribution in [2.45, 2.75) is 206 Å². The van der Waals surface area contributed by atoms with Crippen molar-refractivity contribution in [2.24, 2.45) is 0 Å². The molecule has 0 radical (unpaired) electrons. The molecule has 274 valence electrons. The number of aliphatic hydroxyl groups excluding tert-OH is 1. The van der Waals surface area contributed by atoms with E-state index in [0.717, 1.165) is 51.4 Å². The minimum absolute atomic E-state index is 0.0714. The fourth-order valence-corrected chi connectivity index (χ4v) is 5.56. The molecule has 0 aromatic carbocycles. The van der Waals surface area contributed by atoms with Crippen LogP contribution in [-0.2, 0) is 19.1 Å². The third-order valence-electron chi connectivity index (χ3n) is 8.66. The van der Waals surface area contributed by atoms with Gasteiger partial charge in [-0.2, -0.15) is 0 Å². The molecule has 47 heavy (non-hydrogen) atoms. The molecule has 0 bridgehead atoms. The standard InChI is InChI=1S/C42H76O5/c1-3-5-7-9-11-13-15-17-19-20-21-22-23-25-26-28-30-32-34-36-41(44)46-39-40(38-43)47-42(45)37-35-33-31-29-27-24-18-16-14-12-10-8-6-4-2/h10,12,16-19,40,43H,3-9,11,13-15,20-39H2,1-2H3/b12-10+,18-16+,19-17+/t40-/m0/s1. The quantitative estimate of drug-likeness (QED) is 0.0411. The molecule has 0 saturated heterocycles. The molecule has 0 amide bonds. The molecule has 0 spiro atoms. The highest BCUT2D eigenvalue weighted by Gasteiger charge is 2.16. The van der Waals surface area contributed by atoms with Gasteiger partial charge in [-0.25, -0.2) is 0 Å². The molecule has 0 aliphatic carbocycles. The second kappa shape index (κ2) is 38.6. The van der Waals surface area contributed by atoms with Gasteiger partial charge in [-0.15, -0.1) is 0 Å². The molecule has 0 aromatic heterocycles. The van der Waals surface area contributed by atoms with E-state index < -0.39 is 6.10 Å². The van der Waals surface area contributed by atoms with Gasteiger partial charge < -0.3 is 14.6 Å². The summed E-state index contributed by atoms with van der Waals surface area (Å²) in [5.41, 5.74) is 0. The number of carbonyl (C=O) groups excluding carboxylic acids is 2. The van der Waals surface area contributed by atoms with E-state index in [1.54, 1.807) is 0 Å². The summed E-state index contributed by atoms with van der Waals surface area (Å²) in [6, 6.07) is 0.